The average Bonchev–Trinajstić information content (AvgIpc) is 2.90. The second-order valence-electron chi connectivity index (χ2n) is 11.0. The van der Waals surface area contributed by atoms with Crippen LogP contribution in [0.15, 0.2) is 24.3 Å². The topological polar surface area (TPSA) is 9.23 Å². The first-order chi connectivity index (χ1) is 17.7. The molecule has 2 saturated carbocycles. The van der Waals surface area contributed by atoms with Gasteiger partial charge in [0.1, 0.15) is 0 Å². The Balaban J connectivity index is 1.73. The van der Waals surface area contributed by atoms with E-state index in [1.807, 2.05) is 0 Å². The van der Waals surface area contributed by atoms with Crippen molar-refractivity contribution in [3.05, 3.63) is 70.3 Å². The molecule has 2 aliphatic carbocycles. The van der Waals surface area contributed by atoms with Crippen LogP contribution in [0, 0.1) is 58.6 Å². The average molecular weight is 527 g/mol. The lowest BCUT2D eigenvalue weighted by Crippen LogP contribution is -2.28. The highest BCUT2D eigenvalue weighted by atomic mass is 19.2. The van der Waals surface area contributed by atoms with Crippen LogP contribution in [0.25, 0.3) is 0 Å². The summed E-state index contributed by atoms with van der Waals surface area (Å²) in [5.74, 6) is -7.39. The third-order valence-electron chi connectivity index (χ3n) is 8.76. The van der Waals surface area contributed by atoms with Gasteiger partial charge in [-0.1, -0.05) is 52.4 Å². The van der Waals surface area contributed by atoms with Gasteiger partial charge in [-0.15, -0.1) is 0 Å². The van der Waals surface area contributed by atoms with Crippen molar-refractivity contribution in [1.29, 1.82) is 0 Å². The van der Waals surface area contributed by atoms with Gasteiger partial charge in [-0.3, -0.25) is 0 Å². The molecule has 2 fully saturated rings. The summed E-state index contributed by atoms with van der Waals surface area (Å²) >= 11 is 0. The van der Waals surface area contributed by atoms with Crippen molar-refractivity contribution in [3.8, 4) is 0 Å². The summed E-state index contributed by atoms with van der Waals surface area (Å²) in [5.41, 5.74) is 0.346. The molecule has 7 heteroatoms. The van der Waals surface area contributed by atoms with Crippen LogP contribution in [-0.4, -0.2) is 0 Å². The van der Waals surface area contributed by atoms with Crippen LogP contribution >= 0.6 is 0 Å². The predicted molar refractivity (Wildman–Crippen MR) is 131 cm³/mol. The number of hydrogen-bond acceptors (Lipinski definition) is 1. The van der Waals surface area contributed by atoms with Crippen molar-refractivity contribution in [3.63, 3.8) is 0 Å². The number of rotatable bonds is 8. The van der Waals surface area contributed by atoms with Crippen molar-refractivity contribution in [2.45, 2.75) is 90.3 Å². The van der Waals surface area contributed by atoms with E-state index in [0.717, 1.165) is 88.5 Å². The van der Waals surface area contributed by atoms with E-state index >= 15 is 0 Å². The molecule has 0 heterocycles. The van der Waals surface area contributed by atoms with E-state index in [1.54, 1.807) is 0 Å². The molecular formula is C30H36F6O. The maximum Gasteiger partial charge on any atom is 0.194 e. The predicted octanol–water partition coefficient (Wildman–Crippen LogP) is 9.75. The van der Waals surface area contributed by atoms with E-state index < -0.39 is 47.1 Å². The zero-order chi connectivity index (χ0) is 26.7. The molecule has 0 saturated heterocycles. The monoisotopic (exact) mass is 526 g/mol. The van der Waals surface area contributed by atoms with Gasteiger partial charge >= 0.3 is 0 Å². The Morgan fingerprint density at radius 3 is 1.14 bits per heavy atom. The summed E-state index contributed by atoms with van der Waals surface area (Å²) in [5, 5.41) is 0. The number of benzene rings is 2. The molecule has 2 aromatic carbocycles. The highest BCUT2D eigenvalue weighted by Gasteiger charge is 2.37. The quantitative estimate of drug-likeness (QED) is 0.246. The second kappa shape index (κ2) is 12.2. The summed E-state index contributed by atoms with van der Waals surface area (Å²) in [4.78, 5) is 0. The first-order valence-electron chi connectivity index (χ1n) is 13.7. The van der Waals surface area contributed by atoms with E-state index in [-0.39, 0.29) is 23.0 Å². The zero-order valence-corrected chi connectivity index (χ0v) is 21.5. The first kappa shape index (κ1) is 28.0. The molecule has 204 valence electrons. The van der Waals surface area contributed by atoms with Crippen molar-refractivity contribution in [1.82, 2.24) is 0 Å². The molecule has 37 heavy (non-hydrogen) atoms. The maximum absolute atomic E-state index is 14.3. The minimum absolute atomic E-state index is 0.100. The Morgan fingerprint density at radius 1 is 0.568 bits per heavy atom. The molecule has 0 N–H and O–H groups in total. The molecule has 0 aromatic heterocycles. The Bertz CT molecular complexity index is 927. The molecule has 2 aromatic rings. The van der Waals surface area contributed by atoms with Crippen molar-refractivity contribution in [2.24, 2.45) is 23.7 Å². The Morgan fingerprint density at radius 2 is 0.865 bits per heavy atom. The summed E-state index contributed by atoms with van der Waals surface area (Å²) in [6, 6.07) is 3.86. The summed E-state index contributed by atoms with van der Waals surface area (Å²) in [6.07, 6.45) is 7.22. The lowest BCUT2D eigenvalue weighted by molar-refractivity contribution is -0.0910. The van der Waals surface area contributed by atoms with Crippen LogP contribution in [0.3, 0.4) is 0 Å². The van der Waals surface area contributed by atoms with Gasteiger partial charge in [-0.2, -0.15) is 0 Å². The zero-order valence-electron chi connectivity index (χ0n) is 21.5. The van der Waals surface area contributed by atoms with Crippen molar-refractivity contribution in [2.75, 3.05) is 0 Å². The fraction of sp³-hybridized carbons (Fsp3) is 0.600. The van der Waals surface area contributed by atoms with E-state index in [0.29, 0.717) is 11.8 Å². The van der Waals surface area contributed by atoms with Gasteiger partial charge in [-0.25, -0.2) is 26.3 Å². The number of ether oxygens (including phenoxy) is 1. The fourth-order valence-electron chi connectivity index (χ4n) is 6.36. The molecule has 2 atom stereocenters. The normalized spacial score (nSPS) is 26.2. The molecule has 0 spiro atoms. The van der Waals surface area contributed by atoms with Gasteiger partial charge in [0.2, 0.25) is 0 Å². The van der Waals surface area contributed by atoms with Crippen LogP contribution in [-0.2, 0) is 4.74 Å². The lowest BCUT2D eigenvalue weighted by atomic mass is 9.75. The van der Waals surface area contributed by atoms with Gasteiger partial charge < -0.3 is 4.74 Å². The maximum atomic E-state index is 14.3. The van der Waals surface area contributed by atoms with Gasteiger partial charge in [0, 0.05) is 0 Å². The number of halogens is 6. The molecule has 2 unspecified atom stereocenters. The fourth-order valence-corrected chi connectivity index (χ4v) is 6.36. The second-order valence-corrected chi connectivity index (χ2v) is 11.0. The molecule has 0 radical (unpaired) electrons. The van der Waals surface area contributed by atoms with Crippen LogP contribution in [0.2, 0.25) is 0 Å². The van der Waals surface area contributed by atoms with E-state index in [9.17, 15) is 26.3 Å². The minimum Gasteiger partial charge on any atom is -0.365 e. The SMILES string of the molecule is CCC1CCC(C(OC(c2cc(F)c(F)c(F)c2)C2CCC(CC)CC2)c2cc(F)c(F)c(F)c2)CC1. The highest BCUT2D eigenvalue weighted by Crippen LogP contribution is 2.47. The third kappa shape index (κ3) is 6.35. The molecule has 0 bridgehead atoms. The molecule has 1 nitrogen and oxygen atoms in total. The lowest BCUT2D eigenvalue weighted by Gasteiger charge is -2.40. The largest absolute Gasteiger partial charge is 0.365 e. The van der Waals surface area contributed by atoms with E-state index in [2.05, 4.69) is 13.8 Å². The van der Waals surface area contributed by atoms with Crippen molar-refractivity contribution < 1.29 is 31.1 Å². The molecule has 0 aliphatic heterocycles. The Kier molecular flexibility index (Phi) is 9.25. The summed E-state index contributed by atoms with van der Waals surface area (Å²) < 4.78 is 91.5. The first-order valence-corrected chi connectivity index (χ1v) is 13.7. The Hall–Kier alpha value is -2.02. The summed E-state index contributed by atoms with van der Waals surface area (Å²) in [6.45, 7) is 4.26. The summed E-state index contributed by atoms with van der Waals surface area (Å²) in [7, 11) is 0. The van der Waals surface area contributed by atoms with E-state index in [4.69, 9.17) is 4.74 Å². The van der Waals surface area contributed by atoms with Gasteiger partial charge in [0.25, 0.3) is 0 Å². The number of hydrogen-bond donors (Lipinski definition) is 0. The Labute approximate surface area is 215 Å². The standard InChI is InChI=1S/C30H36F6O/c1-3-17-5-9-19(10-6-17)29(21-13-23(31)27(35)24(32)14-21)37-30(20-11-7-18(4-2)8-12-20)22-15-25(33)28(36)26(34)16-22/h13-20,29-30H,3-12H2,1-2H3. The third-order valence-corrected chi connectivity index (χ3v) is 8.76. The highest BCUT2D eigenvalue weighted by molar-refractivity contribution is 5.25. The smallest absolute Gasteiger partial charge is 0.194 e. The molecule has 4 rings (SSSR count). The van der Waals surface area contributed by atoms with Gasteiger partial charge in [-0.05, 0) is 84.7 Å². The van der Waals surface area contributed by atoms with Crippen LogP contribution in [0.4, 0.5) is 26.3 Å². The van der Waals surface area contributed by atoms with Crippen LogP contribution in [0.1, 0.15) is 101 Å². The molecular weight excluding hydrogens is 490 g/mol. The molecule has 0 amide bonds. The van der Waals surface area contributed by atoms with Crippen molar-refractivity contribution >= 4 is 0 Å². The minimum atomic E-state index is -1.55. The van der Waals surface area contributed by atoms with Gasteiger partial charge in [0.15, 0.2) is 34.9 Å². The van der Waals surface area contributed by atoms with Gasteiger partial charge in [0.05, 0.1) is 12.2 Å². The van der Waals surface area contributed by atoms with E-state index in [1.165, 1.54) is 0 Å². The van der Waals surface area contributed by atoms with Crippen LogP contribution < -0.4 is 0 Å². The molecule has 2 aliphatic rings. The van der Waals surface area contributed by atoms with Crippen LogP contribution in [0.5, 0.6) is 0 Å².